The zero-order valence-electron chi connectivity index (χ0n) is 6.32. The van der Waals surface area contributed by atoms with E-state index in [4.69, 9.17) is 17.3 Å². The number of aliphatic imine (C=N–C) groups is 1. The van der Waals surface area contributed by atoms with E-state index >= 15 is 0 Å². The van der Waals surface area contributed by atoms with Gasteiger partial charge in [0, 0.05) is 6.54 Å². The Balaban J connectivity index is 2.38. The second-order valence-electron chi connectivity index (χ2n) is 2.50. The van der Waals surface area contributed by atoms with E-state index in [0.717, 1.165) is 0 Å². The van der Waals surface area contributed by atoms with Gasteiger partial charge in [-0.3, -0.25) is 0 Å². The summed E-state index contributed by atoms with van der Waals surface area (Å²) in [6.07, 6.45) is 1.31. The van der Waals surface area contributed by atoms with Crippen LogP contribution < -0.4 is 5.32 Å². The van der Waals surface area contributed by atoms with Crippen LogP contribution in [0.3, 0.4) is 0 Å². The average Bonchev–Trinajstić information content (AvgIpc) is 1.93. The number of hydrogen-bond acceptors (Lipinski definition) is 3. The number of nitrogens with zero attached hydrogens (tertiary/aromatic N) is 2. The van der Waals surface area contributed by atoms with Crippen molar-refractivity contribution in [3.05, 3.63) is 0 Å². The minimum absolute atomic E-state index is 0.338. The molecular weight excluding hydrogens is 162 g/mol. The van der Waals surface area contributed by atoms with E-state index in [2.05, 4.69) is 10.3 Å². The molecule has 1 aliphatic heterocycles. The third-order valence-electron chi connectivity index (χ3n) is 1.27. The summed E-state index contributed by atoms with van der Waals surface area (Å²) in [4.78, 5) is 5.74. The maximum Gasteiger partial charge on any atom is 0.195 e. The number of hydrogen-bond donors (Lipinski definition) is 2. The molecule has 1 unspecified atom stereocenters. The van der Waals surface area contributed by atoms with Crippen LogP contribution in [0.4, 0.5) is 0 Å². The molecule has 11 heavy (non-hydrogen) atoms. The Labute approximate surface area is 70.9 Å². The highest BCUT2D eigenvalue weighted by Crippen LogP contribution is 1.92. The smallest absolute Gasteiger partial charge is 0.195 e. The summed E-state index contributed by atoms with van der Waals surface area (Å²) < 4.78 is 0. The Morgan fingerprint density at radius 3 is 3.18 bits per heavy atom. The summed E-state index contributed by atoms with van der Waals surface area (Å²) in [6.45, 7) is 2.95. The van der Waals surface area contributed by atoms with Crippen LogP contribution in [-0.2, 0) is 0 Å². The van der Waals surface area contributed by atoms with Crippen molar-refractivity contribution < 1.29 is 5.11 Å². The maximum absolute atomic E-state index is 9.01. The van der Waals surface area contributed by atoms with Crippen LogP contribution in [0.15, 0.2) is 4.99 Å². The molecule has 0 aromatic carbocycles. The molecule has 5 heteroatoms. The number of β-amino-alcohol motifs (C(OH)–C–C–N with tert-alkyl or cyclic N) is 1. The van der Waals surface area contributed by atoms with Crippen molar-refractivity contribution in [2.75, 3.05) is 13.2 Å². The lowest BCUT2D eigenvalue weighted by Crippen LogP contribution is -2.42. The standard InChI is InChI=1S/C6H11N3OS/c1-5(10)2-9-3-7-6(11)8-4-9/h3,5,10H,2,4H2,1H3,(H,8,11). The van der Waals surface area contributed by atoms with Gasteiger partial charge in [-0.25, -0.2) is 4.99 Å². The molecule has 62 valence electrons. The molecule has 1 rings (SSSR count). The van der Waals surface area contributed by atoms with E-state index in [-0.39, 0.29) is 6.10 Å². The molecule has 0 aliphatic carbocycles. The Morgan fingerprint density at radius 1 is 2.00 bits per heavy atom. The van der Waals surface area contributed by atoms with Gasteiger partial charge < -0.3 is 15.3 Å². The average molecular weight is 173 g/mol. The summed E-state index contributed by atoms with van der Waals surface area (Å²) in [5.74, 6) is 0. The van der Waals surface area contributed by atoms with Crippen LogP contribution in [-0.4, -0.2) is 40.8 Å². The van der Waals surface area contributed by atoms with E-state index in [0.29, 0.717) is 18.3 Å². The largest absolute Gasteiger partial charge is 0.392 e. The second kappa shape index (κ2) is 3.64. The lowest BCUT2D eigenvalue weighted by atomic mass is 10.4. The van der Waals surface area contributed by atoms with Gasteiger partial charge in [0.1, 0.15) is 0 Å². The highest BCUT2D eigenvalue weighted by molar-refractivity contribution is 7.80. The molecule has 0 amide bonds. The number of thiocarbonyl (C=S) groups is 1. The van der Waals surface area contributed by atoms with Gasteiger partial charge in [-0.15, -0.1) is 0 Å². The minimum atomic E-state index is -0.338. The predicted octanol–water partition coefficient (Wildman–Crippen LogP) is -0.457. The lowest BCUT2D eigenvalue weighted by Gasteiger charge is -2.24. The number of aliphatic hydroxyl groups excluding tert-OH is 1. The van der Waals surface area contributed by atoms with Crippen LogP contribution in [0, 0.1) is 0 Å². The fourth-order valence-electron chi connectivity index (χ4n) is 0.841. The number of nitrogens with one attached hydrogen (secondary N) is 1. The zero-order chi connectivity index (χ0) is 8.27. The van der Waals surface area contributed by atoms with Crippen molar-refractivity contribution in [1.29, 1.82) is 0 Å². The van der Waals surface area contributed by atoms with Gasteiger partial charge in [0.25, 0.3) is 0 Å². The Morgan fingerprint density at radius 2 is 2.73 bits per heavy atom. The molecule has 1 atom stereocenters. The van der Waals surface area contributed by atoms with Gasteiger partial charge in [-0.2, -0.15) is 0 Å². The van der Waals surface area contributed by atoms with Gasteiger partial charge in [0.2, 0.25) is 0 Å². The minimum Gasteiger partial charge on any atom is -0.392 e. The molecule has 0 aromatic rings. The predicted molar refractivity (Wildman–Crippen MR) is 47.5 cm³/mol. The molecule has 1 heterocycles. The molecule has 0 radical (unpaired) electrons. The summed E-state index contributed by atoms with van der Waals surface area (Å²) in [5, 5.41) is 12.4. The van der Waals surface area contributed by atoms with E-state index < -0.39 is 0 Å². The quantitative estimate of drug-likeness (QED) is 0.555. The second-order valence-corrected chi connectivity index (χ2v) is 2.89. The highest BCUT2D eigenvalue weighted by atomic mass is 32.1. The van der Waals surface area contributed by atoms with Crippen molar-refractivity contribution in [3.63, 3.8) is 0 Å². The summed E-state index contributed by atoms with van der Waals surface area (Å²) >= 11 is 4.77. The molecule has 0 spiro atoms. The number of aliphatic hydroxyl groups is 1. The van der Waals surface area contributed by atoms with Crippen LogP contribution in [0.2, 0.25) is 0 Å². The Hall–Kier alpha value is -0.680. The van der Waals surface area contributed by atoms with Crippen LogP contribution in [0.5, 0.6) is 0 Å². The fraction of sp³-hybridized carbons (Fsp3) is 0.667. The van der Waals surface area contributed by atoms with Gasteiger partial charge in [0.15, 0.2) is 5.11 Å². The van der Waals surface area contributed by atoms with Crippen LogP contribution in [0.25, 0.3) is 0 Å². The first kappa shape index (κ1) is 8.42. The Kier molecular flexibility index (Phi) is 2.78. The van der Waals surface area contributed by atoms with Crippen molar-refractivity contribution in [3.8, 4) is 0 Å². The zero-order valence-corrected chi connectivity index (χ0v) is 7.14. The van der Waals surface area contributed by atoms with E-state index in [1.165, 1.54) is 0 Å². The van der Waals surface area contributed by atoms with Crippen LogP contribution in [0.1, 0.15) is 6.92 Å². The molecule has 4 nitrogen and oxygen atoms in total. The van der Waals surface area contributed by atoms with Crippen molar-refractivity contribution in [2.45, 2.75) is 13.0 Å². The van der Waals surface area contributed by atoms with E-state index in [1.807, 2.05) is 4.90 Å². The third kappa shape index (κ3) is 2.81. The normalized spacial score (nSPS) is 19.8. The van der Waals surface area contributed by atoms with E-state index in [9.17, 15) is 0 Å². The van der Waals surface area contributed by atoms with Crippen molar-refractivity contribution in [1.82, 2.24) is 10.2 Å². The van der Waals surface area contributed by atoms with Crippen molar-refractivity contribution >= 4 is 23.7 Å². The topological polar surface area (TPSA) is 47.9 Å². The van der Waals surface area contributed by atoms with Gasteiger partial charge in [0.05, 0.1) is 19.1 Å². The maximum atomic E-state index is 9.01. The molecule has 0 saturated heterocycles. The molecule has 0 saturated carbocycles. The lowest BCUT2D eigenvalue weighted by molar-refractivity contribution is 0.159. The van der Waals surface area contributed by atoms with Gasteiger partial charge in [-0.05, 0) is 19.1 Å². The molecule has 0 aromatic heterocycles. The number of rotatable bonds is 2. The summed E-state index contributed by atoms with van der Waals surface area (Å²) in [7, 11) is 0. The molecule has 1 aliphatic rings. The first-order valence-electron chi connectivity index (χ1n) is 3.42. The SMILES string of the molecule is CC(O)CN1C=NC(=S)NC1. The summed E-state index contributed by atoms with van der Waals surface area (Å²) in [5.41, 5.74) is 0. The van der Waals surface area contributed by atoms with E-state index in [1.54, 1.807) is 13.3 Å². The first-order chi connectivity index (χ1) is 5.18. The first-order valence-corrected chi connectivity index (χ1v) is 3.83. The van der Waals surface area contributed by atoms with Crippen molar-refractivity contribution in [2.24, 2.45) is 4.99 Å². The third-order valence-corrected chi connectivity index (χ3v) is 1.52. The highest BCUT2D eigenvalue weighted by Gasteiger charge is 2.08. The monoisotopic (exact) mass is 173 g/mol. The Bertz CT molecular complexity index is 181. The molecule has 0 fully saturated rings. The fourth-order valence-corrected chi connectivity index (χ4v) is 0.952. The van der Waals surface area contributed by atoms with Gasteiger partial charge in [-0.1, -0.05) is 0 Å². The van der Waals surface area contributed by atoms with Crippen LogP contribution >= 0.6 is 12.2 Å². The molecule has 0 bridgehead atoms. The van der Waals surface area contributed by atoms with Gasteiger partial charge >= 0.3 is 0 Å². The molecule has 2 N–H and O–H groups in total. The summed E-state index contributed by atoms with van der Waals surface area (Å²) in [6, 6.07) is 0. The molecular formula is C6H11N3OS.